The summed E-state index contributed by atoms with van der Waals surface area (Å²) in [5.74, 6) is -0.0262. The fourth-order valence-electron chi connectivity index (χ4n) is 1.80. The molecule has 2 rings (SSSR count). The van der Waals surface area contributed by atoms with E-state index in [1.54, 1.807) is 0 Å². The van der Waals surface area contributed by atoms with E-state index in [1.165, 1.54) is 25.3 Å². The Morgan fingerprint density at radius 1 is 1.50 bits per heavy atom. The maximum atomic E-state index is 12.6. The van der Waals surface area contributed by atoms with Gasteiger partial charge in [0.05, 0.1) is 11.7 Å². The van der Waals surface area contributed by atoms with E-state index in [1.807, 2.05) is 0 Å². The number of ether oxygens (including phenoxy) is 1. The molecule has 1 aliphatic heterocycles. The summed E-state index contributed by atoms with van der Waals surface area (Å²) < 4.78 is 42.2. The number of halogens is 3. The van der Waals surface area contributed by atoms with Crippen LogP contribution >= 0.6 is 0 Å². The Hall–Kier alpha value is -1.99. The molecule has 0 saturated carbocycles. The number of nitrogens with two attached hydrogens (primary N) is 1. The molecule has 0 unspecified atom stereocenters. The first-order valence-electron chi connectivity index (χ1n) is 5.09. The van der Waals surface area contributed by atoms with Crippen molar-refractivity contribution in [2.75, 3.05) is 10.6 Å². The second-order valence-corrected chi connectivity index (χ2v) is 3.87. The number of cyclic esters (lactones) is 1. The molecule has 8 heteroatoms. The first-order valence-corrected chi connectivity index (χ1v) is 5.09. The van der Waals surface area contributed by atoms with Gasteiger partial charge in [0.15, 0.2) is 5.82 Å². The Kier molecular flexibility index (Phi) is 2.80. The summed E-state index contributed by atoms with van der Waals surface area (Å²) in [6, 6.07) is 1.75. The minimum atomic E-state index is -4.62. The van der Waals surface area contributed by atoms with Crippen LogP contribution in [-0.4, -0.2) is 29.4 Å². The van der Waals surface area contributed by atoms with Crippen LogP contribution in [0.3, 0.4) is 0 Å². The van der Waals surface area contributed by atoms with Crippen LogP contribution in [-0.2, 0) is 4.74 Å². The molecule has 0 spiro atoms. The topological polar surface area (TPSA) is 68.5 Å². The van der Waals surface area contributed by atoms with Crippen LogP contribution in [0.5, 0.6) is 0 Å². The highest BCUT2D eigenvalue weighted by atomic mass is 19.4. The molecule has 1 aromatic rings. The number of anilines is 2. The predicted octanol–water partition coefficient (Wildman–Crippen LogP) is 1.94. The average Bonchev–Trinajstić information content (AvgIpc) is 2.55. The van der Waals surface area contributed by atoms with Crippen LogP contribution in [0.4, 0.5) is 29.5 Å². The van der Waals surface area contributed by atoms with Gasteiger partial charge in [0, 0.05) is 6.20 Å². The van der Waals surface area contributed by atoms with Crippen molar-refractivity contribution in [1.82, 2.24) is 4.98 Å². The summed E-state index contributed by atoms with van der Waals surface area (Å²) in [6.07, 6.45) is -6.55. The molecule has 2 N–H and O–H groups in total. The molecule has 2 heterocycles. The van der Waals surface area contributed by atoms with Crippen molar-refractivity contribution < 1.29 is 22.7 Å². The maximum Gasteiger partial charge on any atom is 0.427 e. The van der Waals surface area contributed by atoms with E-state index in [4.69, 9.17) is 5.73 Å². The van der Waals surface area contributed by atoms with E-state index in [9.17, 15) is 18.0 Å². The zero-order chi connectivity index (χ0) is 13.5. The molecule has 0 radical (unpaired) electrons. The van der Waals surface area contributed by atoms with Crippen molar-refractivity contribution in [1.29, 1.82) is 0 Å². The van der Waals surface area contributed by atoms with Gasteiger partial charge < -0.3 is 10.5 Å². The summed E-state index contributed by atoms with van der Waals surface area (Å²) in [5, 5.41) is 0. The molecular weight excluding hydrogens is 251 g/mol. The van der Waals surface area contributed by atoms with E-state index >= 15 is 0 Å². The fourth-order valence-corrected chi connectivity index (χ4v) is 1.80. The maximum absolute atomic E-state index is 12.6. The van der Waals surface area contributed by atoms with Crippen LogP contribution in [0.15, 0.2) is 18.3 Å². The van der Waals surface area contributed by atoms with Gasteiger partial charge in [0.2, 0.25) is 6.10 Å². The van der Waals surface area contributed by atoms with Crippen molar-refractivity contribution in [2.24, 2.45) is 0 Å². The SMILES string of the molecule is C[C@H]1[C@@H](C(F)(F)F)OC(=O)N1c1ncccc1N. The van der Waals surface area contributed by atoms with Gasteiger partial charge in [-0.3, -0.25) is 4.90 Å². The van der Waals surface area contributed by atoms with E-state index in [-0.39, 0.29) is 11.5 Å². The van der Waals surface area contributed by atoms with Gasteiger partial charge in [0.25, 0.3) is 0 Å². The second kappa shape index (κ2) is 4.04. The van der Waals surface area contributed by atoms with Gasteiger partial charge in [-0.15, -0.1) is 0 Å². The number of nitrogens with zero attached hydrogens (tertiary/aromatic N) is 2. The van der Waals surface area contributed by atoms with Crippen molar-refractivity contribution in [3.8, 4) is 0 Å². The summed E-state index contributed by atoms with van der Waals surface area (Å²) in [7, 11) is 0. The van der Waals surface area contributed by atoms with Crippen LogP contribution in [0.1, 0.15) is 6.92 Å². The van der Waals surface area contributed by atoms with Crippen LogP contribution in [0.25, 0.3) is 0 Å². The van der Waals surface area contributed by atoms with Crippen LogP contribution in [0.2, 0.25) is 0 Å². The highest BCUT2D eigenvalue weighted by molar-refractivity contribution is 5.92. The van der Waals surface area contributed by atoms with E-state index in [2.05, 4.69) is 9.72 Å². The summed E-state index contributed by atoms with van der Waals surface area (Å²) in [5.41, 5.74) is 5.70. The first-order chi connectivity index (χ1) is 8.32. The molecule has 2 atom stereocenters. The second-order valence-electron chi connectivity index (χ2n) is 3.87. The molecule has 0 aromatic carbocycles. The molecule has 0 bridgehead atoms. The largest absolute Gasteiger partial charge is 0.434 e. The van der Waals surface area contributed by atoms with Gasteiger partial charge in [0.1, 0.15) is 0 Å². The third-order valence-corrected chi connectivity index (χ3v) is 2.64. The lowest BCUT2D eigenvalue weighted by molar-refractivity contribution is -0.198. The zero-order valence-electron chi connectivity index (χ0n) is 9.31. The van der Waals surface area contributed by atoms with Gasteiger partial charge in [-0.2, -0.15) is 13.2 Å². The van der Waals surface area contributed by atoms with Crippen LogP contribution < -0.4 is 10.6 Å². The lowest BCUT2D eigenvalue weighted by Crippen LogP contribution is -2.41. The third-order valence-electron chi connectivity index (χ3n) is 2.64. The molecule has 1 aliphatic rings. The molecule has 98 valence electrons. The van der Waals surface area contributed by atoms with Gasteiger partial charge in [-0.05, 0) is 19.1 Å². The number of hydrogen-bond acceptors (Lipinski definition) is 4. The zero-order valence-corrected chi connectivity index (χ0v) is 9.31. The smallest absolute Gasteiger partial charge is 0.427 e. The van der Waals surface area contributed by atoms with Crippen molar-refractivity contribution in [3.05, 3.63) is 18.3 Å². The third kappa shape index (κ3) is 1.93. The van der Waals surface area contributed by atoms with Crippen molar-refractivity contribution in [2.45, 2.75) is 25.2 Å². The monoisotopic (exact) mass is 261 g/mol. The number of alkyl halides is 3. The Morgan fingerprint density at radius 3 is 2.67 bits per heavy atom. The fraction of sp³-hybridized carbons (Fsp3) is 0.400. The minimum absolute atomic E-state index is 0.0262. The summed E-state index contributed by atoms with van der Waals surface area (Å²) >= 11 is 0. The summed E-state index contributed by atoms with van der Waals surface area (Å²) in [6.45, 7) is 1.23. The predicted molar refractivity (Wildman–Crippen MR) is 56.9 cm³/mol. The lowest BCUT2D eigenvalue weighted by Gasteiger charge is -2.21. The van der Waals surface area contributed by atoms with Gasteiger partial charge in [-0.1, -0.05) is 0 Å². The number of carbonyl (C=O) groups excluding carboxylic acids is 1. The van der Waals surface area contributed by atoms with Crippen LogP contribution in [0, 0.1) is 0 Å². The number of hydrogen-bond donors (Lipinski definition) is 1. The number of aromatic nitrogens is 1. The first kappa shape index (κ1) is 12.5. The lowest BCUT2D eigenvalue weighted by atomic mass is 10.1. The molecule has 1 saturated heterocycles. The number of amides is 1. The van der Waals surface area contributed by atoms with Gasteiger partial charge in [-0.25, -0.2) is 9.78 Å². The molecule has 5 nitrogen and oxygen atoms in total. The summed E-state index contributed by atoms with van der Waals surface area (Å²) in [4.78, 5) is 16.1. The molecular formula is C10H10F3N3O2. The molecule has 0 aliphatic carbocycles. The van der Waals surface area contributed by atoms with Crippen molar-refractivity contribution in [3.63, 3.8) is 0 Å². The van der Waals surface area contributed by atoms with E-state index < -0.39 is 24.4 Å². The normalized spacial score (nSPS) is 24.2. The molecule has 1 fully saturated rings. The van der Waals surface area contributed by atoms with E-state index in [0.717, 1.165) is 4.90 Å². The quantitative estimate of drug-likeness (QED) is 0.838. The Balaban J connectivity index is 2.36. The highest BCUT2D eigenvalue weighted by Crippen LogP contribution is 2.36. The number of carbonyl (C=O) groups is 1. The molecule has 18 heavy (non-hydrogen) atoms. The Morgan fingerprint density at radius 2 is 2.17 bits per heavy atom. The van der Waals surface area contributed by atoms with E-state index in [0.29, 0.717) is 0 Å². The minimum Gasteiger partial charge on any atom is -0.434 e. The molecule has 1 aromatic heterocycles. The van der Waals surface area contributed by atoms with Gasteiger partial charge >= 0.3 is 12.3 Å². The number of rotatable bonds is 1. The Bertz CT molecular complexity index is 478. The average molecular weight is 261 g/mol. The Labute approximate surface area is 100 Å². The molecule has 1 amide bonds. The standard InChI is InChI=1S/C10H10F3N3O2/c1-5-7(10(11,12)13)18-9(17)16(5)8-6(14)3-2-4-15-8/h2-5,7H,14H2,1H3/t5-,7-/m0/s1. The van der Waals surface area contributed by atoms with Crippen molar-refractivity contribution >= 4 is 17.6 Å². The number of nitrogen functional groups attached to an aromatic ring is 1. The highest BCUT2D eigenvalue weighted by Gasteiger charge is 2.55. The number of pyridine rings is 1.